The first-order valence-corrected chi connectivity index (χ1v) is 5.99. The van der Waals surface area contributed by atoms with Gasteiger partial charge in [-0.2, -0.15) is 0 Å². The van der Waals surface area contributed by atoms with Crippen LogP contribution >= 0.6 is 0 Å². The van der Waals surface area contributed by atoms with Gasteiger partial charge in [0.05, 0.1) is 19.1 Å². The molecule has 3 rings (SSSR count). The summed E-state index contributed by atoms with van der Waals surface area (Å²) in [6, 6.07) is 0.421. The molecule has 1 unspecified atom stereocenters. The Morgan fingerprint density at radius 3 is 2.81 bits per heavy atom. The molecule has 2 aliphatic heterocycles. The number of amides is 2. The Morgan fingerprint density at radius 2 is 2.19 bits per heavy atom. The highest BCUT2D eigenvalue weighted by molar-refractivity contribution is 5.89. The van der Waals surface area contributed by atoms with E-state index in [1.54, 1.807) is 0 Å². The molecule has 0 spiro atoms. The second-order valence-corrected chi connectivity index (χ2v) is 4.81. The summed E-state index contributed by atoms with van der Waals surface area (Å²) in [6.45, 7) is 1.90. The summed E-state index contributed by atoms with van der Waals surface area (Å²) in [6.07, 6.45) is 3.48. The lowest BCUT2D eigenvalue weighted by atomic mass is 10.1. The van der Waals surface area contributed by atoms with Crippen LogP contribution in [0, 0.1) is 5.92 Å². The Morgan fingerprint density at radius 1 is 1.38 bits per heavy atom. The number of hydrogen-bond acceptors (Lipinski definition) is 3. The number of carbonyl (C=O) groups excluding carboxylic acids is 2. The summed E-state index contributed by atoms with van der Waals surface area (Å²) in [7, 11) is 0. The molecule has 3 fully saturated rings. The number of rotatable bonds is 2. The van der Waals surface area contributed by atoms with Crippen LogP contribution in [0.3, 0.4) is 0 Å². The highest BCUT2D eigenvalue weighted by atomic mass is 16.7. The summed E-state index contributed by atoms with van der Waals surface area (Å²) >= 11 is 0. The minimum absolute atomic E-state index is 0.00556. The molecule has 16 heavy (non-hydrogen) atoms. The Labute approximate surface area is 94.3 Å². The van der Waals surface area contributed by atoms with Crippen molar-refractivity contribution in [3.8, 4) is 0 Å². The highest BCUT2D eigenvalue weighted by Crippen LogP contribution is 2.33. The van der Waals surface area contributed by atoms with Gasteiger partial charge in [-0.1, -0.05) is 0 Å². The fraction of sp³-hybridized carbons (Fsp3) is 0.818. The molecule has 0 aromatic rings. The zero-order chi connectivity index (χ0) is 11.1. The number of nitrogens with zero attached hydrogens (tertiary/aromatic N) is 2. The second kappa shape index (κ2) is 3.73. The molecule has 5 nitrogen and oxygen atoms in total. The van der Waals surface area contributed by atoms with E-state index >= 15 is 0 Å². The van der Waals surface area contributed by atoms with Gasteiger partial charge in [-0.15, -0.1) is 0 Å². The van der Waals surface area contributed by atoms with Gasteiger partial charge < -0.3 is 4.90 Å². The van der Waals surface area contributed by atoms with Gasteiger partial charge in [-0.25, -0.2) is 5.06 Å². The molecule has 0 bridgehead atoms. The Balaban J connectivity index is 1.63. The molecule has 1 saturated carbocycles. The van der Waals surface area contributed by atoms with E-state index in [0.29, 0.717) is 32.2 Å². The van der Waals surface area contributed by atoms with Crippen LogP contribution in [-0.4, -0.2) is 47.5 Å². The van der Waals surface area contributed by atoms with Crippen LogP contribution < -0.4 is 0 Å². The van der Waals surface area contributed by atoms with E-state index in [2.05, 4.69) is 0 Å². The molecule has 0 aromatic heterocycles. The van der Waals surface area contributed by atoms with Crippen molar-refractivity contribution in [3.05, 3.63) is 0 Å². The maximum atomic E-state index is 12.0. The van der Waals surface area contributed by atoms with Crippen molar-refractivity contribution in [1.29, 1.82) is 0 Å². The van der Waals surface area contributed by atoms with Gasteiger partial charge >= 0.3 is 0 Å². The first kappa shape index (κ1) is 10.1. The van der Waals surface area contributed by atoms with Crippen molar-refractivity contribution in [3.63, 3.8) is 0 Å². The monoisotopic (exact) mass is 224 g/mol. The van der Waals surface area contributed by atoms with Crippen LogP contribution in [-0.2, 0) is 14.4 Å². The van der Waals surface area contributed by atoms with Gasteiger partial charge in [0.2, 0.25) is 5.91 Å². The molecule has 88 valence electrons. The van der Waals surface area contributed by atoms with Gasteiger partial charge in [-0.3, -0.25) is 14.4 Å². The minimum atomic E-state index is -0.175. The number of hydroxylamine groups is 2. The van der Waals surface area contributed by atoms with E-state index in [1.807, 2.05) is 4.90 Å². The molecule has 5 heteroatoms. The quantitative estimate of drug-likeness (QED) is 0.671. The Kier molecular flexibility index (Phi) is 2.35. The fourth-order valence-corrected chi connectivity index (χ4v) is 2.46. The molecule has 2 saturated heterocycles. The Bertz CT molecular complexity index is 321. The number of hydrogen-bond donors (Lipinski definition) is 0. The van der Waals surface area contributed by atoms with Crippen molar-refractivity contribution >= 4 is 11.8 Å². The highest BCUT2D eigenvalue weighted by Gasteiger charge is 2.43. The smallest absolute Gasteiger partial charge is 0.251 e. The minimum Gasteiger partial charge on any atom is -0.339 e. The van der Waals surface area contributed by atoms with E-state index in [9.17, 15) is 9.59 Å². The van der Waals surface area contributed by atoms with Gasteiger partial charge in [-0.05, 0) is 19.3 Å². The van der Waals surface area contributed by atoms with E-state index in [1.165, 1.54) is 5.06 Å². The molecule has 1 aliphatic carbocycles. The molecule has 3 aliphatic rings. The third-order valence-electron chi connectivity index (χ3n) is 3.49. The zero-order valence-electron chi connectivity index (χ0n) is 9.22. The summed E-state index contributed by atoms with van der Waals surface area (Å²) in [4.78, 5) is 30.8. The number of carbonyl (C=O) groups is 2. The van der Waals surface area contributed by atoms with Crippen LogP contribution in [0.4, 0.5) is 0 Å². The lowest BCUT2D eigenvalue weighted by Crippen LogP contribution is -2.35. The molecule has 1 atom stereocenters. The van der Waals surface area contributed by atoms with Crippen molar-refractivity contribution in [2.24, 2.45) is 5.92 Å². The first-order chi connectivity index (χ1) is 7.75. The second-order valence-electron chi connectivity index (χ2n) is 4.81. The molecule has 0 aromatic carbocycles. The van der Waals surface area contributed by atoms with E-state index in [0.717, 1.165) is 19.3 Å². The van der Waals surface area contributed by atoms with Gasteiger partial charge in [0, 0.05) is 19.0 Å². The first-order valence-electron chi connectivity index (χ1n) is 5.99. The van der Waals surface area contributed by atoms with Crippen molar-refractivity contribution < 1.29 is 14.4 Å². The molecule has 2 heterocycles. The summed E-state index contributed by atoms with van der Waals surface area (Å²) in [5.41, 5.74) is 0. The lowest BCUT2D eigenvalue weighted by Gasteiger charge is -2.19. The topological polar surface area (TPSA) is 49.9 Å². The largest absolute Gasteiger partial charge is 0.339 e. The van der Waals surface area contributed by atoms with Gasteiger partial charge in [0.25, 0.3) is 5.91 Å². The van der Waals surface area contributed by atoms with Crippen molar-refractivity contribution in [2.75, 3.05) is 19.7 Å². The zero-order valence-corrected chi connectivity index (χ0v) is 9.22. The van der Waals surface area contributed by atoms with Crippen LogP contribution in [0.2, 0.25) is 0 Å². The average molecular weight is 224 g/mol. The lowest BCUT2D eigenvalue weighted by molar-refractivity contribution is -0.173. The normalized spacial score (nSPS) is 30.2. The average Bonchev–Trinajstić information content (AvgIpc) is 2.83. The maximum absolute atomic E-state index is 12.0. The van der Waals surface area contributed by atoms with Crippen LogP contribution in [0.1, 0.15) is 25.7 Å². The SMILES string of the molecule is O=C(C1CC(=O)N(C2CC2)C1)N1CCCO1. The molecule has 2 amide bonds. The fourth-order valence-electron chi connectivity index (χ4n) is 2.46. The standard InChI is InChI=1S/C11H16N2O3/c14-10-6-8(7-12(10)9-2-3-9)11(15)13-4-1-5-16-13/h8-9H,1-7H2. The third kappa shape index (κ3) is 1.69. The van der Waals surface area contributed by atoms with Crippen LogP contribution in [0.15, 0.2) is 0 Å². The summed E-state index contributed by atoms with van der Waals surface area (Å²) in [5.74, 6) is -0.0414. The number of likely N-dealkylation sites (tertiary alicyclic amines) is 1. The van der Waals surface area contributed by atoms with E-state index < -0.39 is 0 Å². The maximum Gasteiger partial charge on any atom is 0.251 e. The van der Waals surface area contributed by atoms with E-state index in [-0.39, 0.29) is 17.7 Å². The molecular formula is C11H16N2O3. The summed E-state index contributed by atoms with van der Waals surface area (Å²) < 4.78 is 0. The predicted molar refractivity (Wildman–Crippen MR) is 55.1 cm³/mol. The van der Waals surface area contributed by atoms with Crippen molar-refractivity contribution in [2.45, 2.75) is 31.7 Å². The van der Waals surface area contributed by atoms with Crippen LogP contribution in [0.25, 0.3) is 0 Å². The molecular weight excluding hydrogens is 208 g/mol. The van der Waals surface area contributed by atoms with Gasteiger partial charge in [0.15, 0.2) is 0 Å². The van der Waals surface area contributed by atoms with Crippen LogP contribution in [0.5, 0.6) is 0 Å². The molecule has 0 N–H and O–H groups in total. The van der Waals surface area contributed by atoms with E-state index in [4.69, 9.17) is 4.84 Å². The predicted octanol–water partition coefficient (Wildman–Crippen LogP) is 0.161. The summed E-state index contributed by atoms with van der Waals surface area (Å²) in [5, 5.41) is 1.44. The Hall–Kier alpha value is -1.10. The van der Waals surface area contributed by atoms with Crippen molar-refractivity contribution in [1.82, 2.24) is 9.96 Å². The third-order valence-corrected chi connectivity index (χ3v) is 3.49. The molecule has 0 radical (unpaired) electrons. The van der Waals surface area contributed by atoms with Gasteiger partial charge in [0.1, 0.15) is 0 Å².